The molecule has 6 aromatic carbocycles. The minimum Gasteiger partial charge on any atom is -0.214 e. The van der Waals surface area contributed by atoms with Crippen LogP contribution in [0.25, 0.3) is 0 Å². The van der Waals surface area contributed by atoms with Crippen molar-refractivity contribution in [2.24, 2.45) is 0 Å². The Morgan fingerprint density at radius 1 is 0.225 bits per heavy atom. The molecule has 0 radical (unpaired) electrons. The van der Waals surface area contributed by atoms with Crippen molar-refractivity contribution in [3.63, 3.8) is 0 Å². The molecule has 0 N–H and O–H groups in total. The van der Waals surface area contributed by atoms with Crippen LogP contribution in [-0.4, -0.2) is 0 Å². The van der Waals surface area contributed by atoms with Gasteiger partial charge in [-0.15, -0.1) is 0 Å². The minimum absolute atomic E-state index is 0.968. The summed E-state index contributed by atoms with van der Waals surface area (Å²) in [5.41, 5.74) is 3.71. The molecule has 0 aliphatic rings. The average Bonchev–Trinajstić information content (AvgIpc) is 3.06. The van der Waals surface area contributed by atoms with Crippen molar-refractivity contribution in [2.75, 3.05) is 0 Å². The summed E-state index contributed by atoms with van der Waals surface area (Å²) >= 11 is 0. The van der Waals surface area contributed by atoms with Gasteiger partial charge in [-0.1, -0.05) is 182 Å². The van der Waals surface area contributed by atoms with Crippen molar-refractivity contribution >= 4 is 0 Å². The molecule has 40 heavy (non-hydrogen) atoms. The molecule has 0 aliphatic heterocycles. The van der Waals surface area contributed by atoms with E-state index in [0.29, 0.717) is 0 Å². The molecule has 0 aromatic heterocycles. The molecule has 0 aliphatic carbocycles. The molecular formula is C38H30O2. The van der Waals surface area contributed by atoms with E-state index in [2.05, 4.69) is 72.8 Å². The lowest BCUT2D eigenvalue weighted by Gasteiger charge is -2.40. The van der Waals surface area contributed by atoms with Crippen LogP contribution in [0.5, 0.6) is 0 Å². The van der Waals surface area contributed by atoms with Crippen molar-refractivity contribution in [1.29, 1.82) is 0 Å². The first-order chi connectivity index (χ1) is 19.8. The first-order valence-electron chi connectivity index (χ1n) is 13.5. The number of hydrogen-bond acceptors (Lipinski definition) is 2. The number of rotatable bonds is 9. The Bertz CT molecular complexity index is 1280. The molecule has 0 saturated heterocycles. The van der Waals surface area contributed by atoms with E-state index in [4.69, 9.17) is 9.78 Å². The number of benzene rings is 6. The van der Waals surface area contributed by atoms with Gasteiger partial charge < -0.3 is 0 Å². The van der Waals surface area contributed by atoms with Gasteiger partial charge in [0.05, 0.1) is 0 Å². The van der Waals surface area contributed by atoms with Crippen LogP contribution in [0.3, 0.4) is 0 Å². The van der Waals surface area contributed by atoms with Crippen molar-refractivity contribution in [3.05, 3.63) is 215 Å². The minimum atomic E-state index is -1.05. The Morgan fingerprint density at radius 3 is 0.525 bits per heavy atom. The topological polar surface area (TPSA) is 18.5 Å². The van der Waals surface area contributed by atoms with Crippen molar-refractivity contribution in [3.8, 4) is 0 Å². The molecule has 194 valence electrons. The van der Waals surface area contributed by atoms with Crippen LogP contribution in [0, 0.1) is 0 Å². The third-order valence-electron chi connectivity index (χ3n) is 7.37. The molecule has 2 nitrogen and oxygen atoms in total. The van der Waals surface area contributed by atoms with Gasteiger partial charge in [0.25, 0.3) is 0 Å². The summed E-state index contributed by atoms with van der Waals surface area (Å²) in [5, 5.41) is 0. The van der Waals surface area contributed by atoms with Gasteiger partial charge in [-0.3, -0.25) is 0 Å². The van der Waals surface area contributed by atoms with Crippen molar-refractivity contribution in [2.45, 2.75) is 11.2 Å². The van der Waals surface area contributed by atoms with Crippen LogP contribution in [0.1, 0.15) is 33.4 Å². The maximum absolute atomic E-state index is 7.02. The molecule has 6 rings (SSSR count). The summed E-state index contributed by atoms with van der Waals surface area (Å²) in [6.07, 6.45) is 0. The average molecular weight is 519 g/mol. The zero-order valence-corrected chi connectivity index (χ0v) is 22.1. The predicted molar refractivity (Wildman–Crippen MR) is 161 cm³/mol. The third-order valence-corrected chi connectivity index (χ3v) is 7.37. The van der Waals surface area contributed by atoms with Crippen LogP contribution in [0.15, 0.2) is 182 Å². The molecule has 0 spiro atoms. The van der Waals surface area contributed by atoms with Crippen molar-refractivity contribution in [1.82, 2.24) is 0 Å². The second-order valence-corrected chi connectivity index (χ2v) is 9.73. The summed E-state index contributed by atoms with van der Waals surface area (Å²) < 4.78 is 0. The van der Waals surface area contributed by atoms with Crippen LogP contribution in [0.4, 0.5) is 0 Å². The summed E-state index contributed by atoms with van der Waals surface area (Å²) in [4.78, 5) is 14.0. The maximum Gasteiger partial charge on any atom is 0.179 e. The predicted octanol–water partition coefficient (Wildman–Crippen LogP) is 8.92. The molecule has 0 heterocycles. The highest BCUT2D eigenvalue weighted by atomic mass is 17.2. The quantitative estimate of drug-likeness (QED) is 0.108. The fourth-order valence-corrected chi connectivity index (χ4v) is 5.45. The maximum atomic E-state index is 7.02. The first kappa shape index (κ1) is 25.5. The monoisotopic (exact) mass is 518 g/mol. The lowest BCUT2D eigenvalue weighted by Crippen LogP contribution is -2.40. The fourth-order valence-electron chi connectivity index (χ4n) is 5.45. The standard InChI is InChI=1S/C38H30O2/c1-7-19-31(20-8-1)37(32-21-9-2-10-22-32,33-23-11-3-12-24-33)39-40-38(34-25-13-4-14-26-34,35-27-15-5-16-28-35)36-29-17-6-18-30-36/h1-30H. The summed E-state index contributed by atoms with van der Waals surface area (Å²) in [5.74, 6) is 0. The summed E-state index contributed by atoms with van der Waals surface area (Å²) in [6.45, 7) is 0. The lowest BCUT2D eigenvalue weighted by atomic mass is 9.79. The van der Waals surface area contributed by atoms with Gasteiger partial charge in [0.2, 0.25) is 0 Å². The van der Waals surface area contributed by atoms with Gasteiger partial charge in [-0.25, -0.2) is 9.78 Å². The van der Waals surface area contributed by atoms with E-state index in [1.807, 2.05) is 109 Å². The van der Waals surface area contributed by atoms with Crippen molar-refractivity contribution < 1.29 is 9.78 Å². The van der Waals surface area contributed by atoms with E-state index in [0.717, 1.165) is 33.4 Å². The lowest BCUT2D eigenvalue weighted by molar-refractivity contribution is -0.388. The van der Waals surface area contributed by atoms with Gasteiger partial charge in [0, 0.05) is 0 Å². The van der Waals surface area contributed by atoms with E-state index in [1.165, 1.54) is 0 Å². The Labute approximate surface area is 236 Å². The molecule has 0 atom stereocenters. The fraction of sp³-hybridized carbons (Fsp3) is 0.0526. The van der Waals surface area contributed by atoms with Gasteiger partial charge in [-0.2, -0.15) is 0 Å². The SMILES string of the molecule is c1ccc(C(OOC(c2ccccc2)(c2ccccc2)c2ccccc2)(c2ccccc2)c2ccccc2)cc1. The second kappa shape index (κ2) is 11.5. The van der Waals surface area contributed by atoms with Crippen LogP contribution in [0.2, 0.25) is 0 Å². The van der Waals surface area contributed by atoms with Crippen LogP contribution in [-0.2, 0) is 21.0 Å². The zero-order valence-electron chi connectivity index (χ0n) is 22.1. The molecule has 0 saturated carbocycles. The first-order valence-corrected chi connectivity index (χ1v) is 13.5. The highest BCUT2D eigenvalue weighted by molar-refractivity contribution is 5.49. The van der Waals surface area contributed by atoms with E-state index in [-0.39, 0.29) is 0 Å². The Kier molecular flexibility index (Phi) is 7.37. The Hall–Kier alpha value is -4.76. The third kappa shape index (κ3) is 4.65. The zero-order chi connectivity index (χ0) is 27.1. The molecule has 2 heteroatoms. The van der Waals surface area contributed by atoms with Gasteiger partial charge in [0.15, 0.2) is 11.2 Å². The molecule has 0 bridgehead atoms. The molecule has 0 unspecified atom stereocenters. The Balaban J connectivity index is 1.62. The van der Waals surface area contributed by atoms with Gasteiger partial charge in [0.1, 0.15) is 0 Å². The second-order valence-electron chi connectivity index (χ2n) is 9.73. The number of hydrogen-bond donors (Lipinski definition) is 0. The summed E-state index contributed by atoms with van der Waals surface area (Å²) in [7, 11) is 0. The van der Waals surface area contributed by atoms with E-state index >= 15 is 0 Å². The van der Waals surface area contributed by atoms with Crippen LogP contribution < -0.4 is 0 Å². The van der Waals surface area contributed by atoms with E-state index in [9.17, 15) is 0 Å². The van der Waals surface area contributed by atoms with Gasteiger partial charge in [-0.05, 0) is 33.4 Å². The molecule has 0 amide bonds. The largest absolute Gasteiger partial charge is 0.214 e. The highest BCUT2D eigenvalue weighted by Gasteiger charge is 2.45. The van der Waals surface area contributed by atoms with Crippen LogP contribution >= 0.6 is 0 Å². The summed E-state index contributed by atoms with van der Waals surface area (Å²) in [6, 6.07) is 61.8. The van der Waals surface area contributed by atoms with Gasteiger partial charge >= 0.3 is 0 Å². The van der Waals surface area contributed by atoms with E-state index < -0.39 is 11.2 Å². The Morgan fingerprint density at radius 2 is 0.375 bits per heavy atom. The molecule has 6 aromatic rings. The smallest absolute Gasteiger partial charge is 0.179 e. The van der Waals surface area contributed by atoms with E-state index in [1.54, 1.807) is 0 Å². The molecule has 0 fully saturated rings. The normalized spacial score (nSPS) is 11.7. The highest BCUT2D eigenvalue weighted by Crippen LogP contribution is 2.46. The molecular weight excluding hydrogens is 488 g/mol.